The van der Waals surface area contributed by atoms with Crippen molar-refractivity contribution in [1.29, 1.82) is 0 Å². The van der Waals surface area contributed by atoms with Crippen LogP contribution in [0.3, 0.4) is 0 Å². The quantitative estimate of drug-likeness (QED) is 0.182. The van der Waals surface area contributed by atoms with Gasteiger partial charge in [0.1, 0.15) is 0 Å². The van der Waals surface area contributed by atoms with Crippen LogP contribution in [0.2, 0.25) is 0 Å². The molecule has 8 rings (SSSR count). The van der Waals surface area contributed by atoms with E-state index in [1.165, 1.54) is 49.9 Å². The lowest BCUT2D eigenvalue weighted by atomic mass is 10.0. The maximum absolute atomic E-state index is 5.17. The Morgan fingerprint density at radius 3 is 1.22 bits per heavy atom. The molecule has 6 heteroatoms. The van der Waals surface area contributed by atoms with Crippen LogP contribution in [-0.4, -0.2) is 46.1 Å². The molecule has 0 N–H and O–H groups in total. The van der Waals surface area contributed by atoms with Gasteiger partial charge in [-0.05, 0) is 112 Å². The van der Waals surface area contributed by atoms with Crippen molar-refractivity contribution in [3.05, 3.63) is 108 Å². The van der Waals surface area contributed by atoms with Crippen molar-refractivity contribution < 1.29 is 0 Å². The summed E-state index contributed by atoms with van der Waals surface area (Å²) >= 11 is 0. The molecule has 0 amide bonds. The molecule has 0 atom stereocenters. The lowest BCUT2D eigenvalue weighted by Gasteiger charge is -2.28. The topological polar surface area (TPSA) is 58.0 Å². The molecule has 0 aliphatic carbocycles. The van der Waals surface area contributed by atoms with Gasteiger partial charge in [0, 0.05) is 59.5 Å². The number of nitrogens with zero attached hydrogens (tertiary/aromatic N) is 6. The van der Waals surface area contributed by atoms with Gasteiger partial charge >= 0.3 is 0 Å². The Labute approximate surface area is 271 Å². The van der Waals surface area contributed by atoms with Gasteiger partial charge in [-0.3, -0.25) is 0 Å². The fraction of sp³-hybridized carbons (Fsp3) is 0.300. The summed E-state index contributed by atoms with van der Waals surface area (Å²) in [7, 11) is 0. The lowest BCUT2D eigenvalue weighted by molar-refractivity contribution is 0.578. The van der Waals surface area contributed by atoms with Crippen molar-refractivity contribution in [1.82, 2.24) is 19.9 Å². The van der Waals surface area contributed by atoms with Crippen molar-refractivity contribution in [3.63, 3.8) is 0 Å². The molecule has 2 aliphatic rings. The summed E-state index contributed by atoms with van der Waals surface area (Å²) < 4.78 is 0. The van der Waals surface area contributed by atoms with E-state index in [-0.39, 0.29) is 0 Å². The van der Waals surface area contributed by atoms with Gasteiger partial charge in [-0.2, -0.15) is 0 Å². The predicted octanol–water partition coefficient (Wildman–Crippen LogP) is 8.67. The summed E-state index contributed by atoms with van der Waals surface area (Å²) in [4.78, 5) is 25.3. The normalized spacial score (nSPS) is 15.5. The minimum Gasteiger partial charge on any atom is -0.372 e. The van der Waals surface area contributed by atoms with Gasteiger partial charge in [0.05, 0.1) is 22.4 Å². The predicted molar refractivity (Wildman–Crippen MR) is 189 cm³/mol. The highest BCUT2D eigenvalue weighted by atomic mass is 15.1. The number of aromatic nitrogens is 4. The Morgan fingerprint density at radius 1 is 0.413 bits per heavy atom. The molecular weight excluding hydrogens is 564 g/mol. The summed E-state index contributed by atoms with van der Waals surface area (Å²) in [5.74, 6) is 1.56. The van der Waals surface area contributed by atoms with Crippen LogP contribution in [0, 0.1) is 0 Å². The highest BCUT2D eigenvalue weighted by Gasteiger charge is 2.16. The first-order chi connectivity index (χ1) is 22.8. The van der Waals surface area contributed by atoms with E-state index in [0.717, 1.165) is 95.0 Å². The van der Waals surface area contributed by atoms with E-state index in [1.807, 2.05) is 0 Å². The lowest BCUT2D eigenvalue weighted by Crippen LogP contribution is -2.29. The van der Waals surface area contributed by atoms with Crippen molar-refractivity contribution in [3.8, 4) is 22.8 Å². The standard InChI is InChI=1S/C40H40N6/c1-7-25-45(26-8-1)31-19-15-29(16-20-31)39-41-35-13-5-3-11-33(35)37(43-39)23-24-38-34-12-4-6-14-36(34)42-40(44-38)30-17-21-32(22-18-30)46-27-9-2-10-28-46/h3-6,11-22H,1-2,7-10,23-28H2. The highest BCUT2D eigenvalue weighted by molar-refractivity contribution is 5.84. The molecule has 0 spiro atoms. The SMILES string of the molecule is c1ccc2c(CCc3nc(-c4ccc(N5CCCCC5)cc4)nc4ccccc34)nc(-c3ccc(N4CCCCC4)cc3)nc2c1. The number of fused-ring (bicyclic) bond motifs is 2. The van der Waals surface area contributed by atoms with Gasteiger partial charge in [-0.1, -0.05) is 36.4 Å². The van der Waals surface area contributed by atoms with E-state index in [4.69, 9.17) is 19.9 Å². The zero-order chi connectivity index (χ0) is 30.7. The molecule has 6 aromatic rings. The molecule has 4 aromatic carbocycles. The van der Waals surface area contributed by atoms with Crippen molar-refractivity contribution in [2.75, 3.05) is 36.0 Å². The van der Waals surface area contributed by atoms with E-state index in [0.29, 0.717) is 0 Å². The van der Waals surface area contributed by atoms with Crippen molar-refractivity contribution >= 4 is 33.2 Å². The Kier molecular flexibility index (Phi) is 8.01. The Balaban J connectivity index is 1.09. The van der Waals surface area contributed by atoms with E-state index < -0.39 is 0 Å². The van der Waals surface area contributed by atoms with Crippen LogP contribution in [0.25, 0.3) is 44.6 Å². The number of para-hydroxylation sites is 2. The van der Waals surface area contributed by atoms with E-state index in [9.17, 15) is 0 Å². The number of piperidine rings is 2. The van der Waals surface area contributed by atoms with Crippen molar-refractivity contribution in [2.45, 2.75) is 51.4 Å². The molecule has 0 radical (unpaired) electrons. The number of rotatable bonds is 7. The maximum atomic E-state index is 5.17. The second kappa shape index (κ2) is 12.9. The molecule has 2 aromatic heterocycles. The minimum atomic E-state index is 0.760. The molecule has 2 fully saturated rings. The highest BCUT2D eigenvalue weighted by Crippen LogP contribution is 2.29. The Bertz CT molecular complexity index is 1810. The van der Waals surface area contributed by atoms with Crippen LogP contribution in [0.5, 0.6) is 0 Å². The third kappa shape index (κ3) is 5.92. The van der Waals surface area contributed by atoms with Gasteiger partial charge in [0.25, 0.3) is 0 Å². The third-order valence-electron chi connectivity index (χ3n) is 9.66. The van der Waals surface area contributed by atoms with Gasteiger partial charge in [-0.15, -0.1) is 0 Å². The first-order valence-electron chi connectivity index (χ1n) is 17.0. The van der Waals surface area contributed by atoms with Gasteiger partial charge < -0.3 is 9.80 Å². The first-order valence-corrected chi connectivity index (χ1v) is 17.0. The number of benzene rings is 4. The number of anilines is 2. The largest absolute Gasteiger partial charge is 0.372 e. The Morgan fingerprint density at radius 2 is 0.804 bits per heavy atom. The Hall–Kier alpha value is -4.84. The van der Waals surface area contributed by atoms with E-state index >= 15 is 0 Å². The van der Waals surface area contributed by atoms with Gasteiger partial charge in [0.15, 0.2) is 11.6 Å². The third-order valence-corrected chi connectivity index (χ3v) is 9.66. The molecule has 46 heavy (non-hydrogen) atoms. The molecule has 0 unspecified atom stereocenters. The minimum absolute atomic E-state index is 0.760. The molecule has 4 heterocycles. The van der Waals surface area contributed by atoms with Gasteiger partial charge in [0.2, 0.25) is 0 Å². The summed E-state index contributed by atoms with van der Waals surface area (Å²) in [5.41, 5.74) is 8.74. The fourth-order valence-corrected chi connectivity index (χ4v) is 7.11. The van der Waals surface area contributed by atoms with E-state index in [2.05, 4.69) is 107 Å². The summed E-state index contributed by atoms with van der Waals surface area (Å²) in [5, 5.41) is 2.20. The average molecular weight is 605 g/mol. The monoisotopic (exact) mass is 604 g/mol. The summed E-state index contributed by atoms with van der Waals surface area (Å²) in [6.45, 7) is 4.55. The molecule has 2 saturated heterocycles. The first kappa shape index (κ1) is 28.6. The zero-order valence-electron chi connectivity index (χ0n) is 26.4. The number of hydrogen-bond acceptors (Lipinski definition) is 6. The van der Waals surface area contributed by atoms with Gasteiger partial charge in [-0.25, -0.2) is 19.9 Å². The molecule has 6 nitrogen and oxygen atoms in total. The van der Waals surface area contributed by atoms with Crippen LogP contribution in [0.1, 0.15) is 49.9 Å². The molecular formula is C40H40N6. The second-order valence-corrected chi connectivity index (χ2v) is 12.7. The molecule has 230 valence electrons. The van der Waals surface area contributed by atoms with Crippen molar-refractivity contribution in [2.24, 2.45) is 0 Å². The fourth-order valence-electron chi connectivity index (χ4n) is 7.11. The van der Waals surface area contributed by atoms with Crippen LogP contribution >= 0.6 is 0 Å². The summed E-state index contributed by atoms with van der Waals surface area (Å²) in [6.07, 6.45) is 9.27. The number of hydrogen-bond donors (Lipinski definition) is 0. The smallest absolute Gasteiger partial charge is 0.160 e. The van der Waals surface area contributed by atoms with E-state index in [1.54, 1.807) is 0 Å². The second-order valence-electron chi connectivity index (χ2n) is 12.7. The van der Waals surface area contributed by atoms with Crippen LogP contribution in [0.15, 0.2) is 97.1 Å². The zero-order valence-corrected chi connectivity index (χ0v) is 26.4. The maximum Gasteiger partial charge on any atom is 0.160 e. The average Bonchev–Trinajstić information content (AvgIpc) is 3.14. The van der Waals surface area contributed by atoms with Crippen LogP contribution < -0.4 is 9.80 Å². The molecule has 0 bridgehead atoms. The summed E-state index contributed by atoms with van der Waals surface area (Å²) in [6, 6.07) is 34.4. The van der Waals surface area contributed by atoms with Crippen LogP contribution in [-0.2, 0) is 12.8 Å². The molecule has 2 aliphatic heterocycles. The number of aryl methyl sites for hydroxylation is 2. The molecule has 0 saturated carbocycles. The van der Waals surface area contributed by atoms with Crippen LogP contribution in [0.4, 0.5) is 11.4 Å².